The molecule has 0 radical (unpaired) electrons. The molecule has 7 nitrogen and oxygen atoms in total. The van der Waals surface area contributed by atoms with Gasteiger partial charge in [0.15, 0.2) is 0 Å². The summed E-state index contributed by atoms with van der Waals surface area (Å²) < 4.78 is 29.3. The Morgan fingerprint density at radius 1 is 1.45 bits per heavy atom. The third-order valence-corrected chi connectivity index (χ3v) is 5.44. The molecule has 22 heavy (non-hydrogen) atoms. The number of nitrogens with one attached hydrogen (secondary N) is 2. The van der Waals surface area contributed by atoms with Crippen molar-refractivity contribution in [1.29, 1.82) is 0 Å². The van der Waals surface area contributed by atoms with E-state index < -0.39 is 10.0 Å². The molecule has 0 aliphatic carbocycles. The molecule has 1 fully saturated rings. The van der Waals surface area contributed by atoms with Crippen molar-refractivity contribution in [2.75, 3.05) is 20.6 Å². The first-order valence-electron chi connectivity index (χ1n) is 7.36. The molecule has 0 spiro atoms. The second kappa shape index (κ2) is 6.39. The number of rotatable bonds is 4. The Bertz CT molecular complexity index is 651. The fraction of sp³-hybridized carbons (Fsp3) is 0.643. The number of carbonyl (C=O) groups excluding carboxylic acids is 1. The van der Waals surface area contributed by atoms with Crippen LogP contribution in [0.4, 0.5) is 0 Å². The maximum absolute atomic E-state index is 12.5. The number of piperidine rings is 1. The van der Waals surface area contributed by atoms with Gasteiger partial charge in [-0.15, -0.1) is 0 Å². The molecule has 2 unspecified atom stereocenters. The van der Waals surface area contributed by atoms with Crippen LogP contribution < -0.4 is 10.0 Å². The average molecular weight is 328 g/mol. The predicted octanol–water partition coefficient (Wildman–Crippen LogP) is 0.146. The van der Waals surface area contributed by atoms with E-state index in [0.29, 0.717) is 5.69 Å². The highest BCUT2D eigenvalue weighted by atomic mass is 32.2. The van der Waals surface area contributed by atoms with E-state index in [1.165, 1.54) is 17.2 Å². The van der Waals surface area contributed by atoms with Crippen molar-refractivity contribution in [3.8, 4) is 0 Å². The van der Waals surface area contributed by atoms with Crippen molar-refractivity contribution in [3.63, 3.8) is 0 Å². The van der Waals surface area contributed by atoms with Crippen LogP contribution >= 0.6 is 0 Å². The van der Waals surface area contributed by atoms with Crippen LogP contribution in [-0.4, -0.2) is 56.5 Å². The summed E-state index contributed by atoms with van der Waals surface area (Å²) in [4.78, 5) is 13.6. The monoisotopic (exact) mass is 328 g/mol. The number of carbonyl (C=O) groups is 1. The van der Waals surface area contributed by atoms with Crippen LogP contribution in [-0.2, 0) is 17.1 Å². The Hall–Kier alpha value is -1.38. The molecule has 8 heteroatoms. The quantitative estimate of drug-likeness (QED) is 0.824. The molecule has 2 rings (SSSR count). The molecule has 2 atom stereocenters. The topological polar surface area (TPSA) is 83.4 Å². The zero-order valence-electron chi connectivity index (χ0n) is 13.5. The summed E-state index contributed by atoms with van der Waals surface area (Å²) in [7, 11) is 1.30. The Balaban J connectivity index is 2.23. The van der Waals surface area contributed by atoms with Gasteiger partial charge in [0.2, 0.25) is 10.0 Å². The predicted molar refractivity (Wildman–Crippen MR) is 84.2 cm³/mol. The van der Waals surface area contributed by atoms with Gasteiger partial charge in [0.05, 0.1) is 0 Å². The van der Waals surface area contributed by atoms with E-state index in [1.807, 2.05) is 6.92 Å². The molecule has 1 amide bonds. The number of sulfonamides is 1. The van der Waals surface area contributed by atoms with Gasteiger partial charge in [-0.25, -0.2) is 13.1 Å². The highest BCUT2D eigenvalue weighted by molar-refractivity contribution is 7.89. The number of aromatic nitrogens is 1. The number of hydrogen-bond donors (Lipinski definition) is 2. The molecule has 0 aromatic carbocycles. The van der Waals surface area contributed by atoms with E-state index in [1.54, 1.807) is 25.7 Å². The summed E-state index contributed by atoms with van der Waals surface area (Å²) in [6, 6.07) is 1.38. The van der Waals surface area contributed by atoms with E-state index in [0.717, 1.165) is 19.4 Å². The number of nitrogens with zero attached hydrogens (tertiary/aromatic N) is 2. The van der Waals surface area contributed by atoms with Gasteiger partial charge in [0.25, 0.3) is 5.91 Å². The highest BCUT2D eigenvalue weighted by Gasteiger charge is 2.28. The fourth-order valence-corrected chi connectivity index (χ4v) is 4.02. The zero-order chi connectivity index (χ0) is 16.5. The van der Waals surface area contributed by atoms with E-state index in [9.17, 15) is 13.2 Å². The lowest BCUT2D eigenvalue weighted by atomic mass is 10.0. The van der Waals surface area contributed by atoms with Crippen molar-refractivity contribution in [3.05, 3.63) is 18.0 Å². The lowest BCUT2D eigenvalue weighted by Gasteiger charge is -2.30. The summed E-state index contributed by atoms with van der Waals surface area (Å²) in [6.45, 7) is 2.88. The van der Waals surface area contributed by atoms with Crippen molar-refractivity contribution in [1.82, 2.24) is 19.5 Å². The summed E-state index contributed by atoms with van der Waals surface area (Å²) in [5.41, 5.74) is 0.347. The molecule has 1 aromatic rings. The van der Waals surface area contributed by atoms with Gasteiger partial charge in [-0.2, -0.15) is 0 Å². The first-order valence-corrected chi connectivity index (χ1v) is 8.84. The highest BCUT2D eigenvalue weighted by Crippen LogP contribution is 2.17. The van der Waals surface area contributed by atoms with Crippen molar-refractivity contribution >= 4 is 15.9 Å². The van der Waals surface area contributed by atoms with Gasteiger partial charge < -0.3 is 14.8 Å². The van der Waals surface area contributed by atoms with Gasteiger partial charge in [0.1, 0.15) is 10.6 Å². The summed E-state index contributed by atoms with van der Waals surface area (Å²) in [5, 5.41) is 3.26. The SMILES string of the molecule is CC1NCCCC1NS(=O)(=O)c1cc(C(=O)N(C)C)n(C)c1. The maximum Gasteiger partial charge on any atom is 0.269 e. The van der Waals surface area contributed by atoms with Crippen LogP contribution in [0, 0.1) is 0 Å². The number of aryl methyl sites for hydroxylation is 1. The molecule has 0 saturated carbocycles. The summed E-state index contributed by atoms with van der Waals surface area (Å²) in [6.07, 6.45) is 3.22. The minimum absolute atomic E-state index is 0.0927. The zero-order valence-corrected chi connectivity index (χ0v) is 14.3. The number of hydrogen-bond acceptors (Lipinski definition) is 4. The van der Waals surface area contributed by atoms with Crippen LogP contribution in [0.5, 0.6) is 0 Å². The molecular formula is C14H24N4O3S. The lowest BCUT2D eigenvalue weighted by Crippen LogP contribution is -2.51. The van der Waals surface area contributed by atoms with Crippen LogP contribution in [0.2, 0.25) is 0 Å². The van der Waals surface area contributed by atoms with E-state index >= 15 is 0 Å². The second-order valence-electron chi connectivity index (χ2n) is 5.98. The standard InChI is InChI=1S/C14H24N4O3S/c1-10-12(6-5-7-15-10)16-22(20,21)11-8-13(18(4)9-11)14(19)17(2)3/h8-10,12,15-16H,5-7H2,1-4H3. The average Bonchev–Trinajstić information content (AvgIpc) is 2.83. The minimum Gasteiger partial charge on any atom is -0.345 e. The van der Waals surface area contributed by atoms with E-state index in [2.05, 4.69) is 10.0 Å². The number of amides is 1. The van der Waals surface area contributed by atoms with Gasteiger partial charge in [0, 0.05) is 39.4 Å². The van der Waals surface area contributed by atoms with E-state index in [4.69, 9.17) is 0 Å². The van der Waals surface area contributed by atoms with Crippen LogP contribution in [0.1, 0.15) is 30.3 Å². The summed E-state index contributed by atoms with van der Waals surface area (Å²) >= 11 is 0. The fourth-order valence-electron chi connectivity index (χ4n) is 2.60. The van der Waals surface area contributed by atoms with E-state index in [-0.39, 0.29) is 22.9 Å². The molecule has 124 valence electrons. The smallest absolute Gasteiger partial charge is 0.269 e. The van der Waals surface area contributed by atoms with Gasteiger partial charge >= 0.3 is 0 Å². The third-order valence-electron chi connectivity index (χ3n) is 3.98. The molecule has 1 saturated heterocycles. The maximum atomic E-state index is 12.5. The molecule has 1 aromatic heterocycles. The minimum atomic E-state index is -3.64. The van der Waals surface area contributed by atoms with Crippen LogP contribution in [0.3, 0.4) is 0 Å². The van der Waals surface area contributed by atoms with Crippen molar-refractivity contribution in [2.45, 2.75) is 36.7 Å². The Kier molecular flexibility index (Phi) is 4.93. The molecule has 2 heterocycles. The van der Waals surface area contributed by atoms with Crippen LogP contribution in [0.15, 0.2) is 17.2 Å². The van der Waals surface area contributed by atoms with Gasteiger partial charge in [-0.05, 0) is 32.4 Å². The van der Waals surface area contributed by atoms with Crippen molar-refractivity contribution < 1.29 is 13.2 Å². The largest absolute Gasteiger partial charge is 0.345 e. The molecule has 1 aliphatic rings. The molecule has 0 bridgehead atoms. The molecular weight excluding hydrogens is 304 g/mol. The van der Waals surface area contributed by atoms with Crippen LogP contribution in [0.25, 0.3) is 0 Å². The first kappa shape index (κ1) is 17.0. The first-order chi connectivity index (χ1) is 10.2. The van der Waals surface area contributed by atoms with Gasteiger partial charge in [-0.1, -0.05) is 0 Å². The third kappa shape index (κ3) is 3.50. The van der Waals surface area contributed by atoms with Crippen molar-refractivity contribution in [2.24, 2.45) is 7.05 Å². The Morgan fingerprint density at radius 2 is 2.14 bits per heavy atom. The lowest BCUT2D eigenvalue weighted by molar-refractivity contribution is 0.0818. The Labute approximate surface area is 131 Å². The second-order valence-corrected chi connectivity index (χ2v) is 7.70. The normalized spacial score (nSPS) is 22.5. The summed E-state index contributed by atoms with van der Waals surface area (Å²) in [5.74, 6) is -0.225. The van der Waals surface area contributed by atoms with Gasteiger partial charge in [-0.3, -0.25) is 4.79 Å². The molecule has 1 aliphatic heterocycles. The Morgan fingerprint density at radius 3 is 2.73 bits per heavy atom. The molecule has 2 N–H and O–H groups in total.